The molecular formula is C13H16Cl6N2O3. The lowest BCUT2D eigenvalue weighted by molar-refractivity contribution is -0.144. The average Bonchev–Trinajstić information content (AvgIpc) is 2.76. The molecule has 2 N–H and O–H groups in total. The van der Waals surface area contributed by atoms with E-state index >= 15 is 0 Å². The van der Waals surface area contributed by atoms with Crippen LogP contribution in [0, 0.1) is 0 Å². The van der Waals surface area contributed by atoms with Crippen LogP contribution in [-0.4, -0.2) is 43.5 Å². The van der Waals surface area contributed by atoms with Crippen molar-refractivity contribution >= 4 is 81.4 Å². The van der Waals surface area contributed by atoms with E-state index in [2.05, 4.69) is 0 Å². The topological polar surface area (TPSA) is 72.6 Å². The maximum atomic E-state index is 12.5. The van der Waals surface area contributed by atoms with Gasteiger partial charge >= 0.3 is 0 Å². The molecule has 11 heteroatoms. The van der Waals surface area contributed by atoms with Gasteiger partial charge in [0.1, 0.15) is 5.76 Å². The van der Waals surface area contributed by atoms with Gasteiger partial charge in [-0.1, -0.05) is 69.6 Å². The molecule has 0 saturated heterocycles. The molecule has 2 amide bonds. The molecule has 2 unspecified atom stereocenters. The van der Waals surface area contributed by atoms with Crippen molar-refractivity contribution in [2.45, 2.75) is 45.4 Å². The maximum Gasteiger partial charge on any atom is 0.257 e. The van der Waals surface area contributed by atoms with Gasteiger partial charge in [0.05, 0.1) is 19.2 Å². The first-order chi connectivity index (χ1) is 10.9. The number of halogens is 6. The van der Waals surface area contributed by atoms with Crippen LogP contribution in [0.15, 0.2) is 11.8 Å². The number of imide groups is 1. The van der Waals surface area contributed by atoms with Gasteiger partial charge in [-0.15, -0.1) is 0 Å². The summed E-state index contributed by atoms with van der Waals surface area (Å²) >= 11 is 34.2. The molecule has 1 aliphatic heterocycles. The largest absolute Gasteiger partial charge is 0.499 e. The molecule has 2 atom stereocenters. The van der Waals surface area contributed by atoms with Crippen molar-refractivity contribution in [3.05, 3.63) is 11.8 Å². The third-order valence-corrected chi connectivity index (χ3v) is 4.51. The van der Waals surface area contributed by atoms with E-state index in [1.54, 1.807) is 0 Å². The fraction of sp³-hybridized carbons (Fsp3) is 0.692. The third-order valence-electron chi connectivity index (χ3n) is 3.37. The van der Waals surface area contributed by atoms with Gasteiger partial charge < -0.3 is 10.5 Å². The molecule has 0 aliphatic carbocycles. The molecule has 0 radical (unpaired) electrons. The highest BCUT2D eigenvalue weighted by Gasteiger charge is 2.41. The molecule has 138 valence electrons. The number of rotatable bonds is 6. The van der Waals surface area contributed by atoms with Gasteiger partial charge in [-0.2, -0.15) is 0 Å². The van der Waals surface area contributed by atoms with Crippen LogP contribution in [0.4, 0.5) is 0 Å². The lowest BCUT2D eigenvalue weighted by Crippen LogP contribution is -2.49. The SMILES string of the molecule is COC1=CC(=O)N(C(=O)C(N)CCC(Cl)(Cl)Cl)C1CCC(Cl)(Cl)Cl. The van der Waals surface area contributed by atoms with Gasteiger partial charge in [0.15, 0.2) is 7.59 Å². The number of carbonyl (C=O) groups excluding carboxylic acids is 2. The van der Waals surface area contributed by atoms with Crippen LogP contribution in [0.25, 0.3) is 0 Å². The summed E-state index contributed by atoms with van der Waals surface area (Å²) in [5, 5.41) is 0. The second-order valence-corrected chi connectivity index (χ2v) is 10.3. The molecule has 1 rings (SSSR count). The van der Waals surface area contributed by atoms with Crippen LogP contribution in [0.5, 0.6) is 0 Å². The summed E-state index contributed by atoms with van der Waals surface area (Å²) in [6.45, 7) is 0. The second-order valence-electron chi connectivity index (χ2n) is 5.23. The number of nitrogens with two attached hydrogens (primary N) is 1. The Morgan fingerprint density at radius 3 is 2.25 bits per heavy atom. The molecular weight excluding hydrogens is 445 g/mol. The summed E-state index contributed by atoms with van der Waals surface area (Å²) in [7, 11) is 1.39. The highest BCUT2D eigenvalue weighted by Crippen LogP contribution is 2.36. The van der Waals surface area contributed by atoms with E-state index in [9.17, 15) is 9.59 Å². The zero-order valence-electron chi connectivity index (χ0n) is 12.6. The van der Waals surface area contributed by atoms with Crippen molar-refractivity contribution in [1.29, 1.82) is 0 Å². The zero-order chi connectivity index (χ0) is 18.7. The molecule has 1 aliphatic rings. The molecule has 0 saturated carbocycles. The Kier molecular flexibility index (Phi) is 8.27. The van der Waals surface area contributed by atoms with Crippen molar-refractivity contribution in [2.75, 3.05) is 7.11 Å². The smallest absolute Gasteiger partial charge is 0.257 e. The van der Waals surface area contributed by atoms with Crippen LogP contribution in [0.3, 0.4) is 0 Å². The van der Waals surface area contributed by atoms with E-state index in [-0.39, 0.29) is 25.7 Å². The minimum atomic E-state index is -1.53. The van der Waals surface area contributed by atoms with Gasteiger partial charge in [0.2, 0.25) is 5.91 Å². The standard InChI is InChI=1S/C13H16Cl6N2O3/c1-24-9-6-10(22)21(8(9)3-5-13(17,18)19)11(23)7(20)2-4-12(14,15)16/h6-8H,2-5,20H2,1H3. The molecule has 1 heterocycles. The Morgan fingerprint density at radius 2 is 1.79 bits per heavy atom. The Bertz CT molecular complexity index is 515. The summed E-state index contributed by atoms with van der Waals surface area (Å²) in [5.41, 5.74) is 5.84. The Labute approximate surface area is 170 Å². The van der Waals surface area contributed by atoms with E-state index in [1.807, 2.05) is 0 Å². The predicted molar refractivity (Wildman–Crippen MR) is 97.8 cm³/mol. The van der Waals surface area contributed by atoms with E-state index < -0.39 is 31.5 Å². The number of ether oxygens (including phenoxy) is 1. The van der Waals surface area contributed by atoms with Gasteiger partial charge in [0, 0.05) is 6.08 Å². The number of alkyl halides is 6. The summed E-state index contributed by atoms with van der Waals surface area (Å²) < 4.78 is 2.10. The molecule has 0 bridgehead atoms. The summed E-state index contributed by atoms with van der Waals surface area (Å²) in [5.74, 6) is -0.849. The van der Waals surface area contributed by atoms with Crippen molar-refractivity contribution < 1.29 is 14.3 Å². The van der Waals surface area contributed by atoms with Crippen LogP contribution >= 0.6 is 69.6 Å². The van der Waals surface area contributed by atoms with Crippen molar-refractivity contribution in [3.8, 4) is 0 Å². The summed E-state index contributed by atoms with van der Waals surface area (Å²) in [6.07, 6.45) is 1.70. The molecule has 0 aromatic rings. The molecule has 0 spiro atoms. The molecule has 0 aromatic heterocycles. The van der Waals surface area contributed by atoms with Crippen LogP contribution in [-0.2, 0) is 14.3 Å². The van der Waals surface area contributed by atoms with E-state index in [1.165, 1.54) is 13.2 Å². The number of methoxy groups -OCH3 is 1. The second kappa shape index (κ2) is 8.85. The van der Waals surface area contributed by atoms with Crippen LogP contribution < -0.4 is 5.73 Å². The number of carbonyl (C=O) groups is 2. The van der Waals surface area contributed by atoms with Crippen LogP contribution in [0.2, 0.25) is 0 Å². The number of amides is 2. The first-order valence-electron chi connectivity index (χ1n) is 6.87. The van der Waals surface area contributed by atoms with Gasteiger partial charge in [0.25, 0.3) is 5.91 Å². The first-order valence-corrected chi connectivity index (χ1v) is 9.14. The Morgan fingerprint density at radius 1 is 1.25 bits per heavy atom. The van der Waals surface area contributed by atoms with Crippen molar-refractivity contribution in [2.24, 2.45) is 5.73 Å². The minimum absolute atomic E-state index is 0.0655. The van der Waals surface area contributed by atoms with E-state index in [0.29, 0.717) is 5.76 Å². The fourth-order valence-electron chi connectivity index (χ4n) is 2.22. The average molecular weight is 461 g/mol. The molecule has 0 aromatic carbocycles. The molecule has 0 fully saturated rings. The Hall–Kier alpha value is 0.380. The van der Waals surface area contributed by atoms with Crippen molar-refractivity contribution in [3.63, 3.8) is 0 Å². The van der Waals surface area contributed by atoms with E-state index in [0.717, 1.165) is 4.90 Å². The van der Waals surface area contributed by atoms with Gasteiger partial charge in [-0.25, -0.2) is 0 Å². The predicted octanol–water partition coefficient (Wildman–Crippen LogP) is 3.88. The maximum absolute atomic E-state index is 12.5. The highest BCUT2D eigenvalue weighted by molar-refractivity contribution is 6.67. The molecule has 24 heavy (non-hydrogen) atoms. The molecule has 5 nitrogen and oxygen atoms in total. The van der Waals surface area contributed by atoms with Gasteiger partial charge in [-0.3, -0.25) is 14.5 Å². The van der Waals surface area contributed by atoms with Crippen LogP contribution in [0.1, 0.15) is 25.7 Å². The highest BCUT2D eigenvalue weighted by atomic mass is 35.6. The third kappa shape index (κ3) is 6.94. The monoisotopic (exact) mass is 458 g/mol. The van der Waals surface area contributed by atoms with Crippen molar-refractivity contribution in [1.82, 2.24) is 4.90 Å². The fourth-order valence-corrected chi connectivity index (χ4v) is 2.87. The lowest BCUT2D eigenvalue weighted by atomic mass is 10.1. The minimum Gasteiger partial charge on any atom is -0.499 e. The van der Waals surface area contributed by atoms with Gasteiger partial charge in [-0.05, 0) is 25.7 Å². The zero-order valence-corrected chi connectivity index (χ0v) is 17.1. The normalized spacial score (nSPS) is 20.2. The van der Waals surface area contributed by atoms with E-state index in [4.69, 9.17) is 80.1 Å². The quantitative estimate of drug-likeness (QED) is 0.610. The summed E-state index contributed by atoms with van der Waals surface area (Å²) in [4.78, 5) is 25.7. The Balaban J connectivity index is 2.85. The first kappa shape index (κ1) is 22.4. The summed E-state index contributed by atoms with van der Waals surface area (Å²) in [6, 6.07) is -1.70. The number of hydrogen-bond donors (Lipinski definition) is 1. The number of hydrogen-bond acceptors (Lipinski definition) is 4. The number of nitrogens with zero attached hydrogens (tertiary/aromatic N) is 1. The lowest BCUT2D eigenvalue weighted by Gasteiger charge is -2.28.